The van der Waals surface area contributed by atoms with Gasteiger partial charge in [-0.2, -0.15) is 0 Å². The number of hydrogen-bond donors (Lipinski definition) is 0. The van der Waals surface area contributed by atoms with Gasteiger partial charge < -0.3 is 4.74 Å². The molecule has 0 amide bonds. The van der Waals surface area contributed by atoms with E-state index in [2.05, 4.69) is 43.0 Å². The predicted molar refractivity (Wildman–Crippen MR) is 79.0 cm³/mol. The lowest BCUT2D eigenvalue weighted by atomic mass is 10.0. The first-order valence-corrected chi connectivity index (χ1v) is 6.52. The van der Waals surface area contributed by atoms with Crippen LogP contribution in [0.25, 0.3) is 0 Å². The van der Waals surface area contributed by atoms with Gasteiger partial charge in [0, 0.05) is 18.2 Å². The van der Waals surface area contributed by atoms with E-state index in [0.717, 1.165) is 23.1 Å². The number of methoxy groups -OCH3 is 1. The highest BCUT2D eigenvalue weighted by atomic mass is 16.5. The second-order valence-electron chi connectivity index (χ2n) is 4.35. The summed E-state index contributed by atoms with van der Waals surface area (Å²) >= 11 is 0. The van der Waals surface area contributed by atoms with Gasteiger partial charge in [0.1, 0.15) is 0 Å². The van der Waals surface area contributed by atoms with Crippen LogP contribution in [0.2, 0.25) is 0 Å². The third kappa shape index (κ3) is 3.47. The van der Waals surface area contributed by atoms with E-state index in [1.165, 1.54) is 5.56 Å². The fraction of sp³-hybridized carbons (Fsp3) is 0.222. The zero-order chi connectivity index (χ0) is 13.5. The second-order valence-corrected chi connectivity index (χ2v) is 4.35. The summed E-state index contributed by atoms with van der Waals surface area (Å²) in [5, 5.41) is 0. The normalized spacial score (nSPS) is 9.79. The van der Waals surface area contributed by atoms with Crippen LogP contribution in [0.1, 0.15) is 29.2 Å². The summed E-state index contributed by atoms with van der Waals surface area (Å²) in [5.74, 6) is 6.53. The highest BCUT2D eigenvalue weighted by Crippen LogP contribution is 2.11. The molecule has 2 aromatic rings. The second kappa shape index (κ2) is 6.78. The first-order chi connectivity index (χ1) is 9.35. The summed E-state index contributed by atoms with van der Waals surface area (Å²) in [4.78, 5) is 0. The van der Waals surface area contributed by atoms with Crippen molar-refractivity contribution in [2.24, 2.45) is 0 Å². The van der Waals surface area contributed by atoms with E-state index in [1.54, 1.807) is 7.11 Å². The summed E-state index contributed by atoms with van der Waals surface area (Å²) in [5.41, 5.74) is 4.57. The Bertz CT molecular complexity index is 602. The Morgan fingerprint density at radius 3 is 1.95 bits per heavy atom. The quantitative estimate of drug-likeness (QED) is 0.753. The Balaban J connectivity index is 2.34. The smallest absolute Gasteiger partial charge is 0.0725 e. The minimum absolute atomic E-state index is 0.597. The minimum Gasteiger partial charge on any atom is -0.380 e. The van der Waals surface area contributed by atoms with Crippen LogP contribution in [0.5, 0.6) is 0 Å². The Hall–Kier alpha value is -2.04. The van der Waals surface area contributed by atoms with Gasteiger partial charge in [0.25, 0.3) is 0 Å². The van der Waals surface area contributed by atoms with E-state index in [9.17, 15) is 0 Å². The lowest BCUT2D eigenvalue weighted by Gasteiger charge is -2.03. The van der Waals surface area contributed by atoms with E-state index >= 15 is 0 Å². The Kier molecular flexibility index (Phi) is 4.78. The van der Waals surface area contributed by atoms with Crippen molar-refractivity contribution in [3.63, 3.8) is 0 Å². The summed E-state index contributed by atoms with van der Waals surface area (Å²) < 4.78 is 5.20. The largest absolute Gasteiger partial charge is 0.380 e. The van der Waals surface area contributed by atoms with Crippen LogP contribution >= 0.6 is 0 Å². The van der Waals surface area contributed by atoms with E-state index in [1.807, 2.05) is 24.3 Å². The van der Waals surface area contributed by atoms with Gasteiger partial charge in [-0.1, -0.05) is 55.2 Å². The number of benzene rings is 2. The fourth-order valence-corrected chi connectivity index (χ4v) is 2.01. The zero-order valence-corrected chi connectivity index (χ0v) is 11.4. The maximum absolute atomic E-state index is 5.20. The molecule has 1 heteroatoms. The van der Waals surface area contributed by atoms with Crippen molar-refractivity contribution in [1.29, 1.82) is 0 Å². The van der Waals surface area contributed by atoms with Crippen LogP contribution in [-0.4, -0.2) is 7.11 Å². The van der Waals surface area contributed by atoms with Crippen LogP contribution in [0.4, 0.5) is 0 Å². The Morgan fingerprint density at radius 1 is 0.842 bits per heavy atom. The van der Waals surface area contributed by atoms with Gasteiger partial charge >= 0.3 is 0 Å². The zero-order valence-electron chi connectivity index (χ0n) is 11.4. The maximum atomic E-state index is 5.20. The monoisotopic (exact) mass is 250 g/mol. The molecule has 2 rings (SSSR count). The van der Waals surface area contributed by atoms with Gasteiger partial charge in [-0.05, 0) is 29.7 Å². The summed E-state index contributed by atoms with van der Waals surface area (Å²) in [7, 11) is 1.70. The molecule has 0 N–H and O–H groups in total. The number of aryl methyl sites for hydroxylation is 1. The van der Waals surface area contributed by atoms with Gasteiger partial charge in [0.05, 0.1) is 6.61 Å². The van der Waals surface area contributed by atoms with Gasteiger partial charge in [-0.15, -0.1) is 0 Å². The third-order valence-corrected chi connectivity index (χ3v) is 3.05. The minimum atomic E-state index is 0.597. The molecule has 0 aliphatic heterocycles. The lowest BCUT2D eigenvalue weighted by Crippen LogP contribution is -1.92. The van der Waals surface area contributed by atoms with Crippen molar-refractivity contribution in [3.05, 3.63) is 70.8 Å². The molecule has 2 aromatic carbocycles. The van der Waals surface area contributed by atoms with Crippen molar-refractivity contribution in [3.8, 4) is 11.8 Å². The Morgan fingerprint density at radius 2 is 1.37 bits per heavy atom. The molecule has 19 heavy (non-hydrogen) atoms. The lowest BCUT2D eigenvalue weighted by molar-refractivity contribution is 0.184. The molecular weight excluding hydrogens is 232 g/mol. The van der Waals surface area contributed by atoms with E-state index in [4.69, 9.17) is 4.74 Å². The van der Waals surface area contributed by atoms with Crippen LogP contribution < -0.4 is 0 Å². The maximum Gasteiger partial charge on any atom is 0.0725 e. The van der Waals surface area contributed by atoms with Crippen LogP contribution in [0, 0.1) is 11.8 Å². The molecule has 0 atom stereocenters. The SMILES string of the molecule is CCc1ccccc1C#Cc1ccccc1COC. The fourth-order valence-electron chi connectivity index (χ4n) is 2.01. The molecule has 0 saturated heterocycles. The molecular formula is C18H18O. The topological polar surface area (TPSA) is 9.23 Å². The Labute approximate surface area is 115 Å². The van der Waals surface area contributed by atoms with Gasteiger partial charge in [-0.25, -0.2) is 0 Å². The highest BCUT2D eigenvalue weighted by molar-refractivity contribution is 5.48. The van der Waals surface area contributed by atoms with Crippen LogP contribution in [0.15, 0.2) is 48.5 Å². The molecule has 0 radical (unpaired) electrons. The summed E-state index contributed by atoms with van der Waals surface area (Å²) in [6.07, 6.45) is 1.00. The number of rotatable bonds is 3. The van der Waals surface area contributed by atoms with E-state index in [0.29, 0.717) is 6.61 Å². The van der Waals surface area contributed by atoms with E-state index in [-0.39, 0.29) is 0 Å². The first kappa shape index (κ1) is 13.4. The number of hydrogen-bond acceptors (Lipinski definition) is 1. The average molecular weight is 250 g/mol. The molecule has 0 unspecified atom stereocenters. The van der Waals surface area contributed by atoms with Crippen molar-refractivity contribution < 1.29 is 4.74 Å². The molecule has 0 saturated carbocycles. The molecule has 0 fully saturated rings. The molecule has 0 bridgehead atoms. The first-order valence-electron chi connectivity index (χ1n) is 6.52. The van der Waals surface area contributed by atoms with Crippen LogP contribution in [-0.2, 0) is 17.8 Å². The van der Waals surface area contributed by atoms with Crippen LogP contribution in [0.3, 0.4) is 0 Å². The summed E-state index contributed by atoms with van der Waals surface area (Å²) in [6.45, 7) is 2.75. The third-order valence-electron chi connectivity index (χ3n) is 3.05. The van der Waals surface area contributed by atoms with Crippen molar-refractivity contribution in [2.45, 2.75) is 20.0 Å². The molecule has 1 nitrogen and oxygen atoms in total. The average Bonchev–Trinajstić information content (AvgIpc) is 2.47. The number of ether oxygens (including phenoxy) is 1. The molecule has 0 aromatic heterocycles. The van der Waals surface area contributed by atoms with Gasteiger partial charge in [0.15, 0.2) is 0 Å². The molecule has 0 aliphatic carbocycles. The molecule has 0 heterocycles. The molecule has 0 spiro atoms. The summed E-state index contributed by atoms with van der Waals surface area (Å²) in [6, 6.07) is 16.4. The van der Waals surface area contributed by atoms with Gasteiger partial charge in [-0.3, -0.25) is 0 Å². The van der Waals surface area contributed by atoms with Crippen molar-refractivity contribution >= 4 is 0 Å². The van der Waals surface area contributed by atoms with Crippen molar-refractivity contribution in [1.82, 2.24) is 0 Å². The van der Waals surface area contributed by atoms with Crippen molar-refractivity contribution in [2.75, 3.05) is 7.11 Å². The standard InChI is InChI=1S/C18H18O/c1-3-15-8-4-5-9-16(15)12-13-17-10-6-7-11-18(17)14-19-2/h4-11H,3,14H2,1-2H3. The van der Waals surface area contributed by atoms with Gasteiger partial charge in [0.2, 0.25) is 0 Å². The van der Waals surface area contributed by atoms with E-state index < -0.39 is 0 Å². The highest BCUT2D eigenvalue weighted by Gasteiger charge is 1.98. The predicted octanol–water partition coefficient (Wildman–Crippen LogP) is 3.80. The molecule has 96 valence electrons. The molecule has 0 aliphatic rings.